The molecule has 2 aliphatic rings. The molecule has 0 unspecified atom stereocenters. The number of hydrogen-bond acceptors (Lipinski definition) is 5. The molecule has 182 valence electrons. The summed E-state index contributed by atoms with van der Waals surface area (Å²) in [7, 11) is 1.62. The molecule has 0 aliphatic carbocycles. The van der Waals surface area contributed by atoms with Crippen molar-refractivity contribution in [3.05, 3.63) is 77.0 Å². The van der Waals surface area contributed by atoms with Gasteiger partial charge in [0.15, 0.2) is 0 Å². The van der Waals surface area contributed by atoms with Gasteiger partial charge in [-0.25, -0.2) is 18.6 Å². The number of aryl methyl sites for hydroxylation is 1. The van der Waals surface area contributed by atoms with Gasteiger partial charge in [-0.15, -0.1) is 0 Å². The number of ether oxygens (including phenoxy) is 2. The van der Waals surface area contributed by atoms with E-state index in [-0.39, 0.29) is 12.1 Å². The van der Waals surface area contributed by atoms with Gasteiger partial charge in [0.2, 0.25) is 0 Å². The molecule has 2 fully saturated rings. The fourth-order valence-corrected chi connectivity index (χ4v) is 4.67. The molecule has 1 aromatic heterocycles. The van der Waals surface area contributed by atoms with Crippen molar-refractivity contribution in [2.75, 3.05) is 25.1 Å². The zero-order valence-corrected chi connectivity index (χ0v) is 19.9. The smallest absolute Gasteiger partial charge is 0.411 e. The molecule has 8 heteroatoms. The molecule has 3 heterocycles. The second-order valence-corrected chi connectivity index (χ2v) is 9.08. The fourth-order valence-electron chi connectivity index (χ4n) is 4.67. The molecule has 2 aliphatic heterocycles. The van der Waals surface area contributed by atoms with Crippen molar-refractivity contribution in [3.63, 3.8) is 0 Å². The highest BCUT2D eigenvalue weighted by Crippen LogP contribution is 2.38. The van der Waals surface area contributed by atoms with Gasteiger partial charge in [-0.05, 0) is 56.7 Å². The number of rotatable bonds is 6. The van der Waals surface area contributed by atoms with Crippen molar-refractivity contribution in [1.29, 1.82) is 0 Å². The Bertz CT molecular complexity index is 1260. The standard InChI is InChI=1S/C27H27F2N3O3/c1-16-5-7-24(34-3)22(11-16)21-6-8-25(31-9-4-10-31)30-23(21)15-32-17(2)26(35-27(32)33)18-12-19(28)14-20(29)13-18/h5-8,11-14,17,26H,4,9-10,15H2,1-3H3/t17-,26-/m0/s1. The Kier molecular flexibility index (Phi) is 6.05. The van der Waals surface area contributed by atoms with Gasteiger partial charge in [-0.2, -0.15) is 0 Å². The summed E-state index contributed by atoms with van der Waals surface area (Å²) in [4.78, 5) is 21.6. The van der Waals surface area contributed by atoms with Gasteiger partial charge >= 0.3 is 6.09 Å². The summed E-state index contributed by atoms with van der Waals surface area (Å²) in [5, 5.41) is 0. The lowest BCUT2D eigenvalue weighted by Crippen LogP contribution is -2.38. The number of nitrogens with zero attached hydrogens (tertiary/aromatic N) is 3. The first-order valence-corrected chi connectivity index (χ1v) is 11.7. The van der Waals surface area contributed by atoms with E-state index >= 15 is 0 Å². The molecule has 0 radical (unpaired) electrons. The maximum absolute atomic E-state index is 13.8. The van der Waals surface area contributed by atoms with E-state index in [1.807, 2.05) is 44.2 Å². The summed E-state index contributed by atoms with van der Waals surface area (Å²) in [6.07, 6.45) is -0.222. The van der Waals surface area contributed by atoms with Crippen LogP contribution in [0.5, 0.6) is 5.75 Å². The van der Waals surface area contributed by atoms with Crippen LogP contribution in [0.4, 0.5) is 19.4 Å². The fraction of sp³-hybridized carbons (Fsp3) is 0.333. The molecule has 0 saturated carbocycles. The normalized spacial score (nSPS) is 19.5. The van der Waals surface area contributed by atoms with Crippen LogP contribution in [0, 0.1) is 18.6 Å². The minimum atomic E-state index is -0.789. The number of methoxy groups -OCH3 is 1. The summed E-state index contributed by atoms with van der Waals surface area (Å²) in [6.45, 7) is 5.88. The number of hydrogen-bond donors (Lipinski definition) is 0. The molecular weight excluding hydrogens is 452 g/mol. The molecule has 0 bridgehead atoms. The average Bonchev–Trinajstić information content (AvgIpc) is 3.06. The summed E-state index contributed by atoms with van der Waals surface area (Å²) in [5.41, 5.74) is 3.80. The highest BCUT2D eigenvalue weighted by Gasteiger charge is 2.40. The molecule has 2 saturated heterocycles. The third-order valence-electron chi connectivity index (χ3n) is 6.71. The van der Waals surface area contributed by atoms with E-state index in [4.69, 9.17) is 14.5 Å². The lowest BCUT2D eigenvalue weighted by molar-refractivity contribution is 0.130. The van der Waals surface area contributed by atoms with E-state index in [0.717, 1.165) is 48.1 Å². The van der Waals surface area contributed by atoms with E-state index in [1.165, 1.54) is 12.1 Å². The van der Waals surface area contributed by atoms with Crippen molar-refractivity contribution >= 4 is 11.9 Å². The van der Waals surface area contributed by atoms with E-state index in [0.29, 0.717) is 11.4 Å². The Morgan fingerprint density at radius 1 is 1.06 bits per heavy atom. The van der Waals surface area contributed by atoms with Crippen LogP contribution in [0.3, 0.4) is 0 Å². The molecule has 1 amide bonds. The Labute approximate surface area is 203 Å². The zero-order chi connectivity index (χ0) is 24.7. The molecule has 0 N–H and O–H groups in total. The molecule has 0 spiro atoms. The van der Waals surface area contributed by atoms with Gasteiger partial charge in [-0.1, -0.05) is 11.6 Å². The second kappa shape index (κ2) is 9.17. The van der Waals surface area contributed by atoms with Gasteiger partial charge in [0, 0.05) is 35.8 Å². The predicted molar refractivity (Wildman–Crippen MR) is 128 cm³/mol. The zero-order valence-electron chi connectivity index (χ0n) is 19.9. The largest absolute Gasteiger partial charge is 0.496 e. The lowest BCUT2D eigenvalue weighted by atomic mass is 9.99. The Morgan fingerprint density at radius 2 is 1.80 bits per heavy atom. The Balaban J connectivity index is 1.52. The second-order valence-electron chi connectivity index (χ2n) is 9.08. The quantitative estimate of drug-likeness (QED) is 0.458. The summed E-state index contributed by atoms with van der Waals surface area (Å²) in [6, 6.07) is 12.7. The first-order chi connectivity index (χ1) is 16.8. The predicted octanol–water partition coefficient (Wildman–Crippen LogP) is 5.64. The molecule has 5 rings (SSSR count). The van der Waals surface area contributed by atoms with Gasteiger partial charge in [0.05, 0.1) is 25.4 Å². The number of anilines is 1. The minimum absolute atomic E-state index is 0.183. The lowest BCUT2D eigenvalue weighted by Gasteiger charge is -2.33. The number of cyclic esters (lactones) is 1. The first-order valence-electron chi connectivity index (χ1n) is 11.7. The summed E-state index contributed by atoms with van der Waals surface area (Å²) >= 11 is 0. The number of halogens is 2. The average molecular weight is 480 g/mol. The van der Waals surface area contributed by atoms with E-state index in [1.54, 1.807) is 12.0 Å². The topological polar surface area (TPSA) is 54.9 Å². The summed E-state index contributed by atoms with van der Waals surface area (Å²) in [5.74, 6) is 0.144. The maximum atomic E-state index is 13.8. The molecular formula is C27H27F2N3O3. The number of carbonyl (C=O) groups excluding carboxylic acids is 1. The summed E-state index contributed by atoms with van der Waals surface area (Å²) < 4.78 is 38.8. The van der Waals surface area contributed by atoms with Crippen LogP contribution >= 0.6 is 0 Å². The number of amides is 1. The number of aromatic nitrogens is 1. The van der Waals surface area contributed by atoms with E-state index in [2.05, 4.69) is 4.90 Å². The van der Waals surface area contributed by atoms with Crippen LogP contribution in [0.1, 0.15) is 36.3 Å². The van der Waals surface area contributed by atoms with Gasteiger partial charge < -0.3 is 14.4 Å². The highest BCUT2D eigenvalue weighted by molar-refractivity contribution is 5.76. The van der Waals surface area contributed by atoms with Crippen molar-refractivity contribution in [2.45, 2.75) is 39.0 Å². The third kappa shape index (κ3) is 4.40. The number of pyridine rings is 1. The van der Waals surface area contributed by atoms with Crippen LogP contribution in [-0.4, -0.2) is 42.2 Å². The molecule has 35 heavy (non-hydrogen) atoms. The maximum Gasteiger partial charge on any atom is 0.411 e. The molecule has 2 atom stereocenters. The van der Waals surface area contributed by atoms with Crippen molar-refractivity contribution < 1.29 is 23.0 Å². The molecule has 6 nitrogen and oxygen atoms in total. The van der Waals surface area contributed by atoms with E-state index < -0.39 is 29.9 Å². The third-order valence-corrected chi connectivity index (χ3v) is 6.71. The van der Waals surface area contributed by atoms with Crippen LogP contribution in [0.15, 0.2) is 48.5 Å². The number of carbonyl (C=O) groups is 1. The van der Waals surface area contributed by atoms with Crippen molar-refractivity contribution in [1.82, 2.24) is 9.88 Å². The van der Waals surface area contributed by atoms with Crippen molar-refractivity contribution in [2.24, 2.45) is 0 Å². The van der Waals surface area contributed by atoms with E-state index in [9.17, 15) is 13.6 Å². The van der Waals surface area contributed by atoms with Gasteiger partial charge in [0.1, 0.15) is 29.3 Å². The minimum Gasteiger partial charge on any atom is -0.496 e. The Hall–Kier alpha value is -3.68. The first kappa shape index (κ1) is 23.1. The SMILES string of the molecule is COc1ccc(C)cc1-c1ccc(N2CCC2)nc1CN1C(=O)O[C@H](c2cc(F)cc(F)c2)[C@@H]1C. The van der Waals surface area contributed by atoms with Gasteiger partial charge in [0.25, 0.3) is 0 Å². The van der Waals surface area contributed by atoms with Crippen LogP contribution in [-0.2, 0) is 11.3 Å². The van der Waals surface area contributed by atoms with Gasteiger partial charge in [-0.3, -0.25) is 4.90 Å². The monoisotopic (exact) mass is 479 g/mol. The number of benzene rings is 2. The van der Waals surface area contributed by atoms with Crippen LogP contribution in [0.2, 0.25) is 0 Å². The Morgan fingerprint density at radius 3 is 2.46 bits per heavy atom. The molecule has 3 aromatic rings. The molecule has 2 aromatic carbocycles. The van der Waals surface area contributed by atoms with Crippen molar-refractivity contribution in [3.8, 4) is 16.9 Å². The van der Waals surface area contributed by atoms with Crippen LogP contribution in [0.25, 0.3) is 11.1 Å². The highest BCUT2D eigenvalue weighted by atomic mass is 19.1. The van der Waals surface area contributed by atoms with Crippen LogP contribution < -0.4 is 9.64 Å².